The summed E-state index contributed by atoms with van der Waals surface area (Å²) in [5.41, 5.74) is 2.61. The molecule has 0 saturated heterocycles. The van der Waals surface area contributed by atoms with E-state index >= 15 is 0 Å². The van der Waals surface area contributed by atoms with E-state index in [9.17, 15) is 0 Å². The Hall–Kier alpha value is -1.81. The van der Waals surface area contributed by atoms with Gasteiger partial charge in [0.1, 0.15) is 5.75 Å². The van der Waals surface area contributed by atoms with Crippen LogP contribution < -0.4 is 10.1 Å². The molecule has 0 bridgehead atoms. The number of aromatic nitrogens is 2. The van der Waals surface area contributed by atoms with E-state index in [0.29, 0.717) is 5.92 Å². The van der Waals surface area contributed by atoms with Crippen LogP contribution in [0.2, 0.25) is 0 Å². The molecule has 3 rings (SSSR count). The van der Waals surface area contributed by atoms with Crippen LogP contribution in [0.4, 0.5) is 0 Å². The number of para-hydroxylation sites is 1. The number of hydrogen-bond acceptors (Lipinski definition) is 3. The minimum absolute atomic E-state index is 0.477. The van der Waals surface area contributed by atoms with Gasteiger partial charge in [-0.1, -0.05) is 18.2 Å². The Kier molecular flexibility index (Phi) is 3.51. The summed E-state index contributed by atoms with van der Waals surface area (Å²) in [5, 5.41) is 7.68. The Balaban J connectivity index is 1.46. The fourth-order valence-corrected chi connectivity index (χ4v) is 2.51. The Morgan fingerprint density at radius 3 is 3.16 bits per heavy atom. The largest absolute Gasteiger partial charge is 0.493 e. The average molecular weight is 257 g/mol. The van der Waals surface area contributed by atoms with Crippen molar-refractivity contribution in [3.05, 3.63) is 47.8 Å². The van der Waals surface area contributed by atoms with Crippen molar-refractivity contribution in [2.75, 3.05) is 19.7 Å². The van der Waals surface area contributed by atoms with Crippen molar-refractivity contribution in [1.82, 2.24) is 15.1 Å². The Bertz CT molecular complexity index is 550. The van der Waals surface area contributed by atoms with E-state index < -0.39 is 0 Å². The van der Waals surface area contributed by atoms with Crippen LogP contribution in [0.15, 0.2) is 36.7 Å². The van der Waals surface area contributed by atoms with E-state index in [4.69, 9.17) is 4.74 Å². The predicted octanol–water partition coefficient (Wildman–Crippen LogP) is 1.73. The first-order valence-electron chi connectivity index (χ1n) is 6.73. The van der Waals surface area contributed by atoms with Gasteiger partial charge in [0.15, 0.2) is 0 Å². The Morgan fingerprint density at radius 1 is 1.42 bits per heavy atom. The summed E-state index contributed by atoms with van der Waals surface area (Å²) in [6.07, 6.45) is 5.01. The molecule has 4 nitrogen and oxygen atoms in total. The highest BCUT2D eigenvalue weighted by molar-refractivity contribution is 5.39. The maximum Gasteiger partial charge on any atom is 0.122 e. The van der Waals surface area contributed by atoms with Gasteiger partial charge in [0, 0.05) is 31.3 Å². The lowest BCUT2D eigenvalue weighted by Gasteiger charge is -2.09. The van der Waals surface area contributed by atoms with Crippen LogP contribution in [-0.4, -0.2) is 29.5 Å². The first kappa shape index (κ1) is 12.2. The van der Waals surface area contributed by atoms with Gasteiger partial charge in [0.05, 0.1) is 12.8 Å². The number of nitrogens with one attached hydrogen (secondary N) is 1. The van der Waals surface area contributed by atoms with Crippen LogP contribution in [-0.2, 0) is 13.5 Å². The van der Waals surface area contributed by atoms with E-state index in [2.05, 4.69) is 28.7 Å². The van der Waals surface area contributed by atoms with Gasteiger partial charge in [0.2, 0.25) is 0 Å². The van der Waals surface area contributed by atoms with Crippen LogP contribution in [0.3, 0.4) is 0 Å². The monoisotopic (exact) mass is 257 g/mol. The fraction of sp³-hybridized carbons (Fsp3) is 0.400. The van der Waals surface area contributed by atoms with Gasteiger partial charge in [-0.25, -0.2) is 0 Å². The number of aryl methyl sites for hydroxylation is 1. The topological polar surface area (TPSA) is 39.1 Å². The summed E-state index contributed by atoms with van der Waals surface area (Å²) in [7, 11) is 1.95. The Labute approximate surface area is 113 Å². The molecular weight excluding hydrogens is 238 g/mol. The quantitative estimate of drug-likeness (QED) is 0.829. The molecule has 0 amide bonds. The zero-order valence-electron chi connectivity index (χ0n) is 11.2. The van der Waals surface area contributed by atoms with Gasteiger partial charge in [-0.05, 0) is 24.6 Å². The molecule has 1 aliphatic rings. The van der Waals surface area contributed by atoms with Crippen LogP contribution >= 0.6 is 0 Å². The second kappa shape index (κ2) is 5.45. The van der Waals surface area contributed by atoms with Crippen LogP contribution in [0.25, 0.3) is 0 Å². The zero-order chi connectivity index (χ0) is 13.1. The first-order chi connectivity index (χ1) is 9.33. The summed E-state index contributed by atoms with van der Waals surface area (Å²) in [4.78, 5) is 0. The molecule has 1 N–H and O–H groups in total. The van der Waals surface area contributed by atoms with E-state index in [-0.39, 0.29) is 0 Å². The smallest absolute Gasteiger partial charge is 0.122 e. The van der Waals surface area contributed by atoms with Crippen LogP contribution in [0, 0.1) is 0 Å². The highest BCUT2D eigenvalue weighted by Crippen LogP contribution is 2.32. The number of fused-ring (bicyclic) bond motifs is 1. The lowest BCUT2D eigenvalue weighted by molar-refractivity contribution is 0.327. The standard InChI is InChI=1S/C15H19N3O/c1-18-10-12(8-17-18)6-7-16-9-13-11-19-15-5-3-2-4-14(13)15/h2-5,8,10,13,16H,6-7,9,11H2,1H3. The van der Waals surface area contributed by atoms with Crippen molar-refractivity contribution in [2.24, 2.45) is 7.05 Å². The lowest BCUT2D eigenvalue weighted by Crippen LogP contribution is -2.24. The molecule has 4 heteroatoms. The summed E-state index contributed by atoms with van der Waals surface area (Å²) in [5.74, 6) is 1.52. The van der Waals surface area contributed by atoms with Crippen LogP contribution in [0.5, 0.6) is 5.75 Å². The SMILES string of the molecule is Cn1cc(CCNCC2COc3ccccc32)cn1. The van der Waals surface area contributed by atoms with E-state index in [1.54, 1.807) is 0 Å². The average Bonchev–Trinajstić information content (AvgIpc) is 3.02. The second-order valence-corrected chi connectivity index (χ2v) is 5.02. The third-order valence-corrected chi connectivity index (χ3v) is 3.54. The highest BCUT2D eigenvalue weighted by atomic mass is 16.5. The molecular formula is C15H19N3O. The van der Waals surface area contributed by atoms with Crippen molar-refractivity contribution < 1.29 is 4.74 Å². The number of hydrogen-bond donors (Lipinski definition) is 1. The van der Waals surface area contributed by atoms with E-state index in [1.807, 2.05) is 30.1 Å². The number of benzene rings is 1. The Morgan fingerprint density at radius 2 is 2.32 bits per heavy atom. The van der Waals surface area contributed by atoms with Crippen molar-refractivity contribution >= 4 is 0 Å². The lowest BCUT2D eigenvalue weighted by atomic mass is 10.0. The molecule has 0 radical (unpaired) electrons. The van der Waals surface area contributed by atoms with Crippen molar-refractivity contribution in [3.8, 4) is 5.75 Å². The summed E-state index contributed by atoms with van der Waals surface area (Å²) in [6.45, 7) is 2.74. The van der Waals surface area contributed by atoms with E-state index in [1.165, 1.54) is 11.1 Å². The number of rotatable bonds is 5. The molecule has 0 saturated carbocycles. The second-order valence-electron chi connectivity index (χ2n) is 5.02. The minimum atomic E-state index is 0.477. The predicted molar refractivity (Wildman–Crippen MR) is 74.5 cm³/mol. The summed E-state index contributed by atoms with van der Waals surface area (Å²) >= 11 is 0. The molecule has 2 aromatic rings. The van der Waals surface area contributed by atoms with Crippen molar-refractivity contribution in [2.45, 2.75) is 12.3 Å². The maximum absolute atomic E-state index is 5.68. The molecule has 1 aliphatic heterocycles. The molecule has 19 heavy (non-hydrogen) atoms. The molecule has 1 aromatic heterocycles. The van der Waals surface area contributed by atoms with Crippen molar-refractivity contribution in [1.29, 1.82) is 0 Å². The van der Waals surface area contributed by atoms with E-state index in [0.717, 1.165) is 31.9 Å². The van der Waals surface area contributed by atoms with Gasteiger partial charge in [0.25, 0.3) is 0 Å². The third-order valence-electron chi connectivity index (χ3n) is 3.54. The van der Waals surface area contributed by atoms with Gasteiger partial charge in [-0.3, -0.25) is 4.68 Å². The number of ether oxygens (including phenoxy) is 1. The van der Waals surface area contributed by atoms with Gasteiger partial charge >= 0.3 is 0 Å². The molecule has 100 valence electrons. The molecule has 1 aromatic carbocycles. The zero-order valence-corrected chi connectivity index (χ0v) is 11.2. The minimum Gasteiger partial charge on any atom is -0.493 e. The van der Waals surface area contributed by atoms with Crippen LogP contribution in [0.1, 0.15) is 17.0 Å². The molecule has 2 heterocycles. The summed E-state index contributed by atoms with van der Waals surface area (Å²) in [6, 6.07) is 8.31. The molecule has 0 fully saturated rings. The normalized spacial score (nSPS) is 17.2. The maximum atomic E-state index is 5.68. The summed E-state index contributed by atoms with van der Waals surface area (Å²) < 4.78 is 7.52. The van der Waals surface area contributed by atoms with Gasteiger partial charge < -0.3 is 10.1 Å². The highest BCUT2D eigenvalue weighted by Gasteiger charge is 2.22. The fourth-order valence-electron chi connectivity index (χ4n) is 2.51. The number of nitrogens with zero attached hydrogens (tertiary/aromatic N) is 2. The molecule has 1 atom stereocenters. The molecule has 0 aliphatic carbocycles. The van der Waals surface area contributed by atoms with Gasteiger partial charge in [-0.15, -0.1) is 0 Å². The van der Waals surface area contributed by atoms with Gasteiger partial charge in [-0.2, -0.15) is 5.10 Å². The van der Waals surface area contributed by atoms with Crippen molar-refractivity contribution in [3.63, 3.8) is 0 Å². The molecule has 0 spiro atoms. The third kappa shape index (κ3) is 2.79. The first-order valence-corrected chi connectivity index (χ1v) is 6.73. The molecule has 1 unspecified atom stereocenters.